The molecule has 0 aromatic heterocycles. The predicted molar refractivity (Wildman–Crippen MR) is 243 cm³/mol. The monoisotopic (exact) mass is 735 g/mol. The maximum absolute atomic E-state index is 2.50. The topological polar surface area (TPSA) is 3.24 Å². The van der Waals surface area contributed by atoms with Gasteiger partial charge in [-0.15, -0.1) is 0 Å². The van der Waals surface area contributed by atoms with E-state index >= 15 is 0 Å². The minimum Gasteiger partial charge on any atom is -0.310 e. The molecule has 0 unspecified atom stereocenters. The van der Waals surface area contributed by atoms with E-state index < -0.39 is 5.41 Å². The number of nitrogens with zero attached hydrogens (tertiary/aromatic N) is 1. The third-order valence-electron chi connectivity index (χ3n) is 12.7. The summed E-state index contributed by atoms with van der Waals surface area (Å²) in [6.07, 6.45) is 0. The quantitative estimate of drug-likeness (QED) is 0.159. The van der Waals surface area contributed by atoms with Crippen molar-refractivity contribution in [1.29, 1.82) is 0 Å². The molecule has 1 spiro atoms. The summed E-state index contributed by atoms with van der Waals surface area (Å²) in [6.45, 7) is 0. The third kappa shape index (κ3) is 4.71. The number of rotatable bonds is 5. The predicted octanol–water partition coefficient (Wildman–Crippen LogP) is 15.1. The van der Waals surface area contributed by atoms with E-state index in [2.05, 4.69) is 229 Å². The summed E-state index contributed by atoms with van der Waals surface area (Å²) < 4.78 is 0. The molecular formula is C57H37N. The van der Waals surface area contributed by atoms with Crippen LogP contribution < -0.4 is 4.90 Å². The first-order valence-corrected chi connectivity index (χ1v) is 20.2. The van der Waals surface area contributed by atoms with Crippen LogP contribution in [0.25, 0.3) is 66.1 Å². The maximum atomic E-state index is 2.50. The van der Waals surface area contributed by atoms with Crippen molar-refractivity contribution in [3.63, 3.8) is 0 Å². The van der Waals surface area contributed by atoms with Crippen LogP contribution >= 0.6 is 0 Å². The van der Waals surface area contributed by atoms with Crippen LogP contribution in [0.2, 0.25) is 0 Å². The zero-order chi connectivity index (χ0) is 38.2. The molecular weight excluding hydrogens is 699 g/mol. The average Bonchev–Trinajstić information content (AvgIpc) is 3.77. The number of hydrogen-bond acceptors (Lipinski definition) is 1. The second-order valence-corrected chi connectivity index (χ2v) is 15.6. The van der Waals surface area contributed by atoms with Gasteiger partial charge in [0.05, 0.1) is 11.1 Å². The zero-order valence-corrected chi connectivity index (χ0v) is 31.8. The van der Waals surface area contributed by atoms with Gasteiger partial charge in [-0.1, -0.05) is 188 Å². The number of fused-ring (bicyclic) bond motifs is 13. The molecule has 0 fully saturated rings. The number of hydrogen-bond donors (Lipinski definition) is 0. The van der Waals surface area contributed by atoms with E-state index in [1.54, 1.807) is 0 Å². The van der Waals surface area contributed by atoms with E-state index in [0.717, 1.165) is 17.1 Å². The summed E-state index contributed by atoms with van der Waals surface area (Å²) in [5, 5.41) is 4.95. The lowest BCUT2D eigenvalue weighted by Gasteiger charge is -2.32. The van der Waals surface area contributed by atoms with Gasteiger partial charge in [-0.3, -0.25) is 0 Å². The molecule has 10 aromatic rings. The van der Waals surface area contributed by atoms with Crippen LogP contribution in [0.5, 0.6) is 0 Å². The van der Waals surface area contributed by atoms with Gasteiger partial charge in [-0.05, 0) is 119 Å². The molecule has 0 aliphatic heterocycles. The Kier molecular flexibility index (Phi) is 7.21. The lowest BCUT2D eigenvalue weighted by atomic mass is 9.70. The van der Waals surface area contributed by atoms with Crippen LogP contribution in [0.15, 0.2) is 224 Å². The first-order valence-electron chi connectivity index (χ1n) is 20.2. The first kappa shape index (κ1) is 32.7. The van der Waals surface area contributed by atoms with E-state index in [9.17, 15) is 0 Å². The highest BCUT2D eigenvalue weighted by Crippen LogP contribution is 2.63. The minimum absolute atomic E-state index is 0.431. The molecule has 0 atom stereocenters. The Hall–Kier alpha value is -7.48. The Balaban J connectivity index is 1.09. The Morgan fingerprint density at radius 3 is 1.41 bits per heavy atom. The van der Waals surface area contributed by atoms with Gasteiger partial charge in [0.2, 0.25) is 0 Å². The summed E-state index contributed by atoms with van der Waals surface area (Å²) in [5.41, 5.74) is 18.4. The molecule has 0 N–H and O–H groups in total. The van der Waals surface area contributed by atoms with E-state index in [0.29, 0.717) is 0 Å². The molecule has 1 nitrogen and oxygen atoms in total. The van der Waals surface area contributed by atoms with Crippen LogP contribution in [-0.4, -0.2) is 0 Å². The summed E-state index contributed by atoms with van der Waals surface area (Å²) in [5.74, 6) is 0. The lowest BCUT2D eigenvalue weighted by molar-refractivity contribution is 0.793. The molecule has 2 aliphatic carbocycles. The highest BCUT2D eigenvalue weighted by atomic mass is 15.1. The summed E-state index contributed by atoms with van der Waals surface area (Å²) >= 11 is 0. The highest BCUT2D eigenvalue weighted by molar-refractivity contribution is 6.14. The molecule has 2 aliphatic rings. The van der Waals surface area contributed by atoms with Crippen molar-refractivity contribution >= 4 is 38.6 Å². The average molecular weight is 736 g/mol. The Labute approximate surface area is 338 Å². The summed E-state index contributed by atoms with van der Waals surface area (Å²) in [7, 11) is 0. The van der Waals surface area contributed by atoms with Crippen molar-refractivity contribution in [2.24, 2.45) is 0 Å². The fraction of sp³-hybridized carbons (Fsp3) is 0.0175. The fourth-order valence-corrected chi connectivity index (χ4v) is 10.2. The SMILES string of the molecule is c1ccc(-c2cccc(-c3ccc(N(c4ccc5c(c4)C4(c6ccccc6-c6ccccc64)c4ccccc4-5)c4cc5ccccc5c5ccccc45)cc3)c2)cc1. The molecule has 0 bridgehead atoms. The highest BCUT2D eigenvalue weighted by Gasteiger charge is 2.51. The smallest absolute Gasteiger partial charge is 0.0726 e. The molecule has 270 valence electrons. The molecule has 12 rings (SSSR count). The zero-order valence-electron chi connectivity index (χ0n) is 31.8. The van der Waals surface area contributed by atoms with Crippen LogP contribution in [0.4, 0.5) is 17.1 Å². The number of anilines is 3. The standard InChI is InChI=1S/C57H37N/c1-2-15-38(16-3-1)40-18-14-19-41(35-40)39-29-31-43(32-30-39)58(56-36-42-17-4-5-20-45(42)46-21-6-7-25-51(46)56)44-33-34-50-49-24-10-13-28-54(49)57(55(50)37-44)52-26-11-8-22-47(52)48-23-9-12-27-53(48)57/h1-37H. The molecule has 10 aromatic carbocycles. The van der Waals surface area contributed by atoms with Gasteiger partial charge in [0, 0.05) is 16.8 Å². The first-order chi connectivity index (χ1) is 28.8. The second-order valence-electron chi connectivity index (χ2n) is 15.6. The van der Waals surface area contributed by atoms with Crippen LogP contribution in [0.1, 0.15) is 22.3 Å². The Morgan fingerprint density at radius 1 is 0.276 bits per heavy atom. The summed E-state index contributed by atoms with van der Waals surface area (Å²) in [4.78, 5) is 2.49. The molecule has 1 heteroatoms. The van der Waals surface area contributed by atoms with Crippen molar-refractivity contribution in [1.82, 2.24) is 0 Å². The van der Waals surface area contributed by atoms with Crippen molar-refractivity contribution in [3.8, 4) is 44.5 Å². The van der Waals surface area contributed by atoms with Gasteiger partial charge in [0.15, 0.2) is 0 Å². The van der Waals surface area contributed by atoms with Gasteiger partial charge in [0.25, 0.3) is 0 Å². The van der Waals surface area contributed by atoms with Crippen LogP contribution in [-0.2, 0) is 5.41 Å². The molecule has 0 amide bonds. The van der Waals surface area contributed by atoms with Gasteiger partial charge >= 0.3 is 0 Å². The summed E-state index contributed by atoms with van der Waals surface area (Å²) in [6, 6.07) is 83.1. The molecule has 58 heavy (non-hydrogen) atoms. The van der Waals surface area contributed by atoms with Gasteiger partial charge in [-0.2, -0.15) is 0 Å². The van der Waals surface area contributed by atoms with Crippen LogP contribution in [0.3, 0.4) is 0 Å². The van der Waals surface area contributed by atoms with Gasteiger partial charge in [-0.25, -0.2) is 0 Å². The Bertz CT molecular complexity index is 3170. The lowest BCUT2D eigenvalue weighted by Crippen LogP contribution is -2.26. The third-order valence-corrected chi connectivity index (χ3v) is 12.7. The van der Waals surface area contributed by atoms with Gasteiger partial charge < -0.3 is 4.90 Å². The molecule has 0 saturated heterocycles. The normalized spacial score (nSPS) is 13.0. The second kappa shape index (κ2) is 12.8. The van der Waals surface area contributed by atoms with Gasteiger partial charge in [0.1, 0.15) is 0 Å². The molecule has 0 saturated carbocycles. The molecule has 0 radical (unpaired) electrons. The van der Waals surface area contributed by atoms with Crippen LogP contribution in [0, 0.1) is 0 Å². The minimum atomic E-state index is -0.431. The van der Waals surface area contributed by atoms with Crippen molar-refractivity contribution in [2.45, 2.75) is 5.41 Å². The number of benzene rings is 10. The Morgan fingerprint density at radius 2 is 0.759 bits per heavy atom. The van der Waals surface area contributed by atoms with E-state index in [1.807, 2.05) is 0 Å². The molecule has 0 heterocycles. The largest absolute Gasteiger partial charge is 0.310 e. The van der Waals surface area contributed by atoms with E-state index in [1.165, 1.54) is 88.3 Å². The van der Waals surface area contributed by atoms with Crippen molar-refractivity contribution < 1.29 is 0 Å². The van der Waals surface area contributed by atoms with E-state index in [-0.39, 0.29) is 0 Å². The fourth-order valence-electron chi connectivity index (χ4n) is 10.2. The van der Waals surface area contributed by atoms with Crippen molar-refractivity contribution in [3.05, 3.63) is 247 Å². The van der Waals surface area contributed by atoms with E-state index in [4.69, 9.17) is 0 Å². The maximum Gasteiger partial charge on any atom is 0.0726 e. The van der Waals surface area contributed by atoms with Crippen molar-refractivity contribution in [2.75, 3.05) is 4.90 Å².